The van der Waals surface area contributed by atoms with E-state index in [1.165, 1.54) is 32.4 Å². The van der Waals surface area contributed by atoms with E-state index < -0.39 is 0 Å². The highest BCUT2D eigenvalue weighted by molar-refractivity contribution is 5.81. The zero-order valence-corrected chi connectivity index (χ0v) is 12.2. The highest BCUT2D eigenvalue weighted by atomic mass is 15.4. The third-order valence-corrected chi connectivity index (χ3v) is 4.78. The molecule has 0 amide bonds. The van der Waals surface area contributed by atoms with Crippen molar-refractivity contribution >= 4 is 5.96 Å². The van der Waals surface area contributed by atoms with Crippen molar-refractivity contribution in [3.8, 4) is 0 Å². The van der Waals surface area contributed by atoms with Gasteiger partial charge in [0.15, 0.2) is 5.96 Å². The van der Waals surface area contributed by atoms with E-state index in [-0.39, 0.29) is 5.54 Å². The lowest BCUT2D eigenvalue weighted by atomic mass is 9.88. The Morgan fingerprint density at radius 2 is 2.11 bits per heavy atom. The van der Waals surface area contributed by atoms with E-state index >= 15 is 0 Å². The van der Waals surface area contributed by atoms with Gasteiger partial charge in [-0.15, -0.1) is 0 Å². The van der Waals surface area contributed by atoms with E-state index in [4.69, 9.17) is 5.73 Å². The van der Waals surface area contributed by atoms with Gasteiger partial charge in [-0.05, 0) is 45.7 Å². The van der Waals surface area contributed by atoms with Gasteiger partial charge in [-0.1, -0.05) is 13.8 Å². The van der Waals surface area contributed by atoms with Crippen LogP contribution in [-0.2, 0) is 0 Å². The molecule has 0 radical (unpaired) electrons. The summed E-state index contributed by atoms with van der Waals surface area (Å²) in [6, 6.07) is 0.504. The average Bonchev–Trinajstić information content (AvgIpc) is 2.58. The number of rotatable bonds is 3. The summed E-state index contributed by atoms with van der Waals surface area (Å²) >= 11 is 0. The first kappa shape index (κ1) is 13.7. The Kier molecular flexibility index (Phi) is 4.15. The Morgan fingerprint density at radius 3 is 2.78 bits per heavy atom. The molecule has 2 rings (SSSR count). The minimum absolute atomic E-state index is 0.212. The highest BCUT2D eigenvalue weighted by Gasteiger charge is 2.44. The van der Waals surface area contributed by atoms with Gasteiger partial charge in [0.05, 0.1) is 12.1 Å². The summed E-state index contributed by atoms with van der Waals surface area (Å²) in [5.74, 6) is 0.772. The van der Waals surface area contributed by atoms with Gasteiger partial charge in [0.1, 0.15) is 0 Å². The fraction of sp³-hybridized carbons (Fsp3) is 0.929. The van der Waals surface area contributed by atoms with E-state index in [0.717, 1.165) is 25.5 Å². The smallest absolute Gasteiger partial charge is 0.192 e. The molecule has 0 aromatic carbocycles. The number of hydrogen-bond donors (Lipinski definition) is 1. The molecule has 18 heavy (non-hydrogen) atoms. The van der Waals surface area contributed by atoms with Gasteiger partial charge >= 0.3 is 0 Å². The zero-order chi connectivity index (χ0) is 13.2. The van der Waals surface area contributed by atoms with Gasteiger partial charge in [0.25, 0.3) is 0 Å². The fourth-order valence-corrected chi connectivity index (χ4v) is 3.45. The molecule has 2 N–H and O–H groups in total. The van der Waals surface area contributed by atoms with Crippen LogP contribution in [0.2, 0.25) is 0 Å². The first-order valence-corrected chi connectivity index (χ1v) is 7.44. The Morgan fingerprint density at radius 1 is 1.33 bits per heavy atom. The zero-order valence-electron chi connectivity index (χ0n) is 12.2. The second kappa shape index (κ2) is 5.47. The molecule has 2 unspecified atom stereocenters. The highest BCUT2D eigenvalue weighted by Crippen LogP contribution is 2.35. The molecule has 0 aliphatic carbocycles. The molecule has 0 bridgehead atoms. The fourth-order valence-electron chi connectivity index (χ4n) is 3.45. The molecule has 1 spiro atoms. The van der Waals surface area contributed by atoms with Crippen LogP contribution in [0.5, 0.6) is 0 Å². The summed E-state index contributed by atoms with van der Waals surface area (Å²) in [6.07, 6.45) is 4.84. The van der Waals surface area contributed by atoms with Crippen LogP contribution in [0.4, 0.5) is 0 Å². The van der Waals surface area contributed by atoms with Crippen LogP contribution in [0.3, 0.4) is 0 Å². The molecule has 2 aliphatic heterocycles. The van der Waals surface area contributed by atoms with Gasteiger partial charge in [-0.2, -0.15) is 0 Å². The maximum Gasteiger partial charge on any atom is 0.192 e. The number of nitrogens with zero attached hydrogens (tertiary/aromatic N) is 3. The molecule has 0 saturated carbocycles. The molecule has 2 heterocycles. The first-order chi connectivity index (χ1) is 8.63. The summed E-state index contributed by atoms with van der Waals surface area (Å²) in [7, 11) is 0. The van der Waals surface area contributed by atoms with Crippen LogP contribution in [0.1, 0.15) is 46.5 Å². The normalized spacial score (nSPS) is 31.5. The number of nitrogens with two attached hydrogens (primary N) is 1. The van der Waals surface area contributed by atoms with E-state index in [1.807, 2.05) is 0 Å². The molecular formula is C14H28N4. The van der Waals surface area contributed by atoms with Gasteiger partial charge in [0, 0.05) is 12.6 Å². The molecule has 4 nitrogen and oxygen atoms in total. The molecule has 1 fully saturated rings. The summed E-state index contributed by atoms with van der Waals surface area (Å²) in [5, 5.41) is 0. The summed E-state index contributed by atoms with van der Waals surface area (Å²) in [6.45, 7) is 11.2. The third kappa shape index (κ3) is 2.35. The monoisotopic (exact) mass is 252 g/mol. The Hall–Kier alpha value is -0.770. The third-order valence-electron chi connectivity index (χ3n) is 4.78. The van der Waals surface area contributed by atoms with Crippen molar-refractivity contribution in [1.82, 2.24) is 9.80 Å². The molecule has 4 heteroatoms. The van der Waals surface area contributed by atoms with Crippen LogP contribution in [-0.4, -0.2) is 53.5 Å². The van der Waals surface area contributed by atoms with Crippen molar-refractivity contribution in [3.05, 3.63) is 0 Å². The van der Waals surface area contributed by atoms with Crippen LogP contribution in [0.25, 0.3) is 0 Å². The first-order valence-electron chi connectivity index (χ1n) is 7.44. The van der Waals surface area contributed by atoms with Crippen LogP contribution in [0, 0.1) is 0 Å². The van der Waals surface area contributed by atoms with Crippen LogP contribution in [0.15, 0.2) is 4.99 Å². The Balaban J connectivity index is 2.14. The van der Waals surface area contributed by atoms with E-state index in [1.54, 1.807) is 0 Å². The van der Waals surface area contributed by atoms with Crippen molar-refractivity contribution < 1.29 is 0 Å². The van der Waals surface area contributed by atoms with Gasteiger partial charge in [-0.3, -0.25) is 4.99 Å². The molecule has 0 aromatic heterocycles. The van der Waals surface area contributed by atoms with Crippen LogP contribution < -0.4 is 5.73 Å². The number of aliphatic imine (C=N–C) groups is 1. The lowest BCUT2D eigenvalue weighted by Gasteiger charge is -2.42. The van der Waals surface area contributed by atoms with E-state index in [0.29, 0.717) is 6.04 Å². The second-order valence-corrected chi connectivity index (χ2v) is 5.81. The second-order valence-electron chi connectivity index (χ2n) is 5.81. The SMILES string of the molecule is CCC(C)N1C(N)=NCC12CCCN(CC)CC2. The molecule has 0 aromatic rings. The van der Waals surface area contributed by atoms with Crippen molar-refractivity contribution in [1.29, 1.82) is 0 Å². The molecule has 2 atom stereocenters. The summed E-state index contributed by atoms with van der Waals surface area (Å²) < 4.78 is 0. The van der Waals surface area contributed by atoms with Gasteiger partial charge < -0.3 is 15.5 Å². The largest absolute Gasteiger partial charge is 0.370 e. The number of hydrogen-bond acceptors (Lipinski definition) is 4. The molecular weight excluding hydrogens is 224 g/mol. The average molecular weight is 252 g/mol. The van der Waals surface area contributed by atoms with Crippen molar-refractivity contribution in [2.24, 2.45) is 10.7 Å². The topological polar surface area (TPSA) is 44.9 Å². The number of likely N-dealkylation sites (tertiary alicyclic amines) is 1. The minimum Gasteiger partial charge on any atom is -0.370 e. The summed E-state index contributed by atoms with van der Waals surface area (Å²) in [5.41, 5.74) is 6.35. The quantitative estimate of drug-likeness (QED) is 0.831. The van der Waals surface area contributed by atoms with Crippen molar-refractivity contribution in [2.45, 2.75) is 58.0 Å². The number of guanidine groups is 1. The van der Waals surface area contributed by atoms with E-state index in [9.17, 15) is 0 Å². The Labute approximate surface area is 111 Å². The summed E-state index contributed by atoms with van der Waals surface area (Å²) in [4.78, 5) is 9.53. The standard InChI is InChI=1S/C14H28N4/c1-4-12(3)18-13(15)16-11-14(18)7-6-9-17(5-2)10-8-14/h12H,4-11H2,1-3H3,(H2,15,16). The van der Waals surface area contributed by atoms with Crippen molar-refractivity contribution in [3.63, 3.8) is 0 Å². The van der Waals surface area contributed by atoms with Crippen LogP contribution >= 0.6 is 0 Å². The van der Waals surface area contributed by atoms with E-state index in [2.05, 4.69) is 35.6 Å². The van der Waals surface area contributed by atoms with Crippen molar-refractivity contribution in [2.75, 3.05) is 26.2 Å². The minimum atomic E-state index is 0.212. The Bertz CT molecular complexity index is 315. The molecule has 104 valence electrons. The predicted molar refractivity (Wildman–Crippen MR) is 76.8 cm³/mol. The molecule has 2 aliphatic rings. The lowest BCUT2D eigenvalue weighted by Crippen LogP contribution is -2.55. The predicted octanol–water partition coefficient (Wildman–Crippen LogP) is 1.66. The maximum absolute atomic E-state index is 6.14. The molecule has 1 saturated heterocycles. The van der Waals surface area contributed by atoms with Gasteiger partial charge in [0.2, 0.25) is 0 Å². The maximum atomic E-state index is 6.14. The lowest BCUT2D eigenvalue weighted by molar-refractivity contribution is 0.132. The van der Waals surface area contributed by atoms with Gasteiger partial charge in [-0.25, -0.2) is 0 Å².